The second kappa shape index (κ2) is 5.58. The first-order chi connectivity index (χ1) is 5.93. The normalized spacial score (nSPS) is 18.7. The molecule has 2 atom stereocenters. The number of likely N-dealkylation sites (N-methyl/N-ethyl adjacent to an activating group) is 1. The number of methoxy groups -OCH3 is 1. The summed E-state index contributed by atoms with van der Waals surface area (Å²) in [7, 11) is 3.82. The Bertz CT molecular complexity index is 137. The average molecular weight is 188 g/mol. The first kappa shape index (κ1) is 12.9. The maximum Gasteiger partial charge on any atom is 0.0615 e. The van der Waals surface area contributed by atoms with Gasteiger partial charge in [0.15, 0.2) is 0 Å². The second-order valence-electron chi connectivity index (χ2n) is 4.23. The van der Waals surface area contributed by atoms with Crippen molar-refractivity contribution in [3.05, 3.63) is 0 Å². The Morgan fingerprint density at radius 1 is 1.54 bits per heavy atom. The van der Waals surface area contributed by atoms with Gasteiger partial charge in [0, 0.05) is 25.2 Å². The summed E-state index contributed by atoms with van der Waals surface area (Å²) >= 11 is 0. The molecule has 0 saturated carbocycles. The number of nitrogens with zero attached hydrogens (tertiary/aromatic N) is 1. The number of hydrogen-bond donors (Lipinski definition) is 1. The minimum Gasteiger partial charge on any atom is -0.383 e. The predicted octanol–water partition coefficient (Wildman–Crippen LogP) is 1.08. The van der Waals surface area contributed by atoms with Crippen LogP contribution in [-0.2, 0) is 4.74 Å². The van der Waals surface area contributed by atoms with E-state index in [1.807, 2.05) is 0 Å². The fraction of sp³-hybridized carbons (Fsp3) is 1.00. The molecule has 80 valence electrons. The molecule has 13 heavy (non-hydrogen) atoms. The van der Waals surface area contributed by atoms with Gasteiger partial charge >= 0.3 is 0 Å². The van der Waals surface area contributed by atoms with Crippen molar-refractivity contribution >= 4 is 0 Å². The number of ether oxygens (including phenoxy) is 1. The smallest absolute Gasteiger partial charge is 0.0615 e. The van der Waals surface area contributed by atoms with Crippen LogP contribution in [-0.4, -0.2) is 43.8 Å². The van der Waals surface area contributed by atoms with Crippen LogP contribution in [0.5, 0.6) is 0 Å². The molecule has 3 nitrogen and oxygen atoms in total. The monoisotopic (exact) mass is 188 g/mol. The summed E-state index contributed by atoms with van der Waals surface area (Å²) in [4.78, 5) is 2.24. The molecule has 2 unspecified atom stereocenters. The highest BCUT2D eigenvalue weighted by atomic mass is 16.5. The number of rotatable bonds is 6. The molecule has 0 aromatic carbocycles. The highest BCUT2D eigenvalue weighted by Gasteiger charge is 2.20. The van der Waals surface area contributed by atoms with Crippen LogP contribution < -0.4 is 5.73 Å². The average Bonchev–Trinajstić information content (AvgIpc) is 2.04. The van der Waals surface area contributed by atoms with E-state index in [9.17, 15) is 0 Å². The van der Waals surface area contributed by atoms with E-state index < -0.39 is 0 Å². The Morgan fingerprint density at radius 3 is 2.46 bits per heavy atom. The number of nitrogens with two attached hydrogens (primary N) is 1. The highest BCUT2D eigenvalue weighted by molar-refractivity contribution is 4.81. The van der Waals surface area contributed by atoms with Gasteiger partial charge in [0.1, 0.15) is 0 Å². The Morgan fingerprint density at radius 2 is 2.08 bits per heavy atom. The van der Waals surface area contributed by atoms with Gasteiger partial charge in [-0.25, -0.2) is 0 Å². The van der Waals surface area contributed by atoms with Gasteiger partial charge in [-0.1, -0.05) is 6.92 Å². The molecule has 0 aliphatic heterocycles. The molecule has 0 heterocycles. The quantitative estimate of drug-likeness (QED) is 0.678. The summed E-state index contributed by atoms with van der Waals surface area (Å²) < 4.78 is 5.09. The maximum absolute atomic E-state index is 6.07. The molecule has 0 fully saturated rings. The first-order valence-corrected chi connectivity index (χ1v) is 4.91. The van der Waals surface area contributed by atoms with Crippen LogP contribution in [0.15, 0.2) is 0 Å². The zero-order chi connectivity index (χ0) is 10.5. The molecule has 0 bridgehead atoms. The van der Waals surface area contributed by atoms with E-state index in [1.165, 1.54) is 0 Å². The lowest BCUT2D eigenvalue weighted by Gasteiger charge is -2.32. The van der Waals surface area contributed by atoms with E-state index in [0.29, 0.717) is 6.04 Å². The van der Waals surface area contributed by atoms with E-state index in [4.69, 9.17) is 10.5 Å². The Balaban J connectivity index is 3.91. The lowest BCUT2D eigenvalue weighted by atomic mass is 9.99. The predicted molar refractivity (Wildman–Crippen MR) is 56.9 cm³/mol. The minimum atomic E-state index is -0.0866. The molecule has 0 saturated heterocycles. The van der Waals surface area contributed by atoms with Gasteiger partial charge in [-0.15, -0.1) is 0 Å². The molecule has 0 aromatic heterocycles. The minimum absolute atomic E-state index is 0.0866. The summed E-state index contributed by atoms with van der Waals surface area (Å²) in [6, 6.07) is 0.430. The van der Waals surface area contributed by atoms with E-state index in [-0.39, 0.29) is 5.54 Å². The molecule has 0 spiro atoms. The third-order valence-corrected chi connectivity index (χ3v) is 2.58. The van der Waals surface area contributed by atoms with Gasteiger partial charge in [0.2, 0.25) is 0 Å². The topological polar surface area (TPSA) is 38.5 Å². The van der Waals surface area contributed by atoms with Crippen LogP contribution >= 0.6 is 0 Å². The van der Waals surface area contributed by atoms with Crippen molar-refractivity contribution in [3.63, 3.8) is 0 Å². The third-order valence-electron chi connectivity index (χ3n) is 2.58. The molecular formula is C10H24N2O. The Labute approximate surface area is 82.2 Å². The van der Waals surface area contributed by atoms with Crippen LogP contribution in [0, 0.1) is 0 Å². The molecule has 2 N–H and O–H groups in total. The van der Waals surface area contributed by atoms with Gasteiger partial charge in [-0.05, 0) is 27.3 Å². The summed E-state index contributed by atoms with van der Waals surface area (Å²) in [5.74, 6) is 0. The Kier molecular flexibility index (Phi) is 5.53. The molecule has 0 radical (unpaired) electrons. The first-order valence-electron chi connectivity index (χ1n) is 4.91. The molecule has 0 amide bonds. The van der Waals surface area contributed by atoms with Gasteiger partial charge in [0.25, 0.3) is 0 Å². The molecule has 3 heteroatoms. The van der Waals surface area contributed by atoms with Crippen molar-refractivity contribution in [1.82, 2.24) is 4.90 Å². The van der Waals surface area contributed by atoms with E-state index in [0.717, 1.165) is 19.6 Å². The van der Waals surface area contributed by atoms with Crippen LogP contribution in [0.1, 0.15) is 27.2 Å². The molecule has 0 rings (SSSR count). The largest absolute Gasteiger partial charge is 0.383 e. The van der Waals surface area contributed by atoms with Crippen molar-refractivity contribution in [2.45, 2.75) is 38.8 Å². The summed E-state index contributed by atoms with van der Waals surface area (Å²) in [6.45, 7) is 8.03. The van der Waals surface area contributed by atoms with Gasteiger partial charge in [0.05, 0.1) is 6.61 Å². The SMILES string of the molecule is CCC(C)(N)CN(C)C(C)COC. The summed E-state index contributed by atoms with van der Waals surface area (Å²) in [6.07, 6.45) is 0.997. The lowest BCUT2D eigenvalue weighted by Crippen LogP contribution is -2.49. The van der Waals surface area contributed by atoms with Gasteiger partial charge in [-0.3, -0.25) is 4.90 Å². The number of hydrogen-bond acceptors (Lipinski definition) is 3. The Hall–Kier alpha value is -0.120. The van der Waals surface area contributed by atoms with E-state index in [1.54, 1.807) is 7.11 Å². The molecule has 0 aromatic rings. The van der Waals surface area contributed by atoms with Crippen LogP contribution in [0.4, 0.5) is 0 Å². The zero-order valence-corrected chi connectivity index (χ0v) is 9.63. The van der Waals surface area contributed by atoms with Crippen molar-refractivity contribution in [1.29, 1.82) is 0 Å². The zero-order valence-electron chi connectivity index (χ0n) is 9.63. The van der Waals surface area contributed by atoms with Crippen molar-refractivity contribution in [3.8, 4) is 0 Å². The van der Waals surface area contributed by atoms with Crippen LogP contribution in [0.25, 0.3) is 0 Å². The maximum atomic E-state index is 6.07. The van der Waals surface area contributed by atoms with E-state index in [2.05, 4.69) is 32.7 Å². The lowest BCUT2D eigenvalue weighted by molar-refractivity contribution is 0.102. The van der Waals surface area contributed by atoms with Crippen LogP contribution in [0.2, 0.25) is 0 Å². The summed E-state index contributed by atoms with van der Waals surface area (Å²) in [5.41, 5.74) is 5.98. The standard InChI is InChI=1S/C10H24N2O/c1-6-10(3,11)8-12(4)9(2)7-13-5/h9H,6-8,11H2,1-5H3. The second-order valence-corrected chi connectivity index (χ2v) is 4.23. The molecule has 0 aliphatic carbocycles. The van der Waals surface area contributed by atoms with Crippen LogP contribution in [0.3, 0.4) is 0 Å². The molecular weight excluding hydrogens is 164 g/mol. The summed E-state index contributed by atoms with van der Waals surface area (Å²) in [5, 5.41) is 0. The van der Waals surface area contributed by atoms with E-state index >= 15 is 0 Å². The van der Waals surface area contributed by atoms with Gasteiger partial charge < -0.3 is 10.5 Å². The van der Waals surface area contributed by atoms with Crippen molar-refractivity contribution in [2.75, 3.05) is 27.3 Å². The third kappa shape index (κ3) is 5.24. The van der Waals surface area contributed by atoms with Crippen molar-refractivity contribution in [2.24, 2.45) is 5.73 Å². The molecule has 0 aliphatic rings. The van der Waals surface area contributed by atoms with Gasteiger partial charge in [-0.2, -0.15) is 0 Å². The van der Waals surface area contributed by atoms with Crippen molar-refractivity contribution < 1.29 is 4.74 Å². The highest BCUT2D eigenvalue weighted by Crippen LogP contribution is 2.08. The fourth-order valence-electron chi connectivity index (χ4n) is 1.21. The fourth-order valence-corrected chi connectivity index (χ4v) is 1.21.